The third-order valence-electron chi connectivity index (χ3n) is 3.29. The largest absolute Gasteiger partial charge is 0.462 e. The number of rotatable bonds is 5. The van der Waals surface area contributed by atoms with Crippen molar-refractivity contribution in [2.45, 2.75) is 19.4 Å². The Balaban J connectivity index is 2.08. The van der Waals surface area contributed by atoms with Gasteiger partial charge in [-0.2, -0.15) is 0 Å². The van der Waals surface area contributed by atoms with E-state index >= 15 is 0 Å². The molecule has 0 aliphatic carbocycles. The van der Waals surface area contributed by atoms with Crippen LogP contribution in [-0.4, -0.2) is 17.6 Å². The molecule has 0 aliphatic rings. The third-order valence-corrected chi connectivity index (χ3v) is 3.29. The van der Waals surface area contributed by atoms with Gasteiger partial charge in [-0.1, -0.05) is 30.3 Å². The Bertz CT molecular complexity index is 630. The molecule has 0 saturated heterocycles. The van der Waals surface area contributed by atoms with Gasteiger partial charge in [-0.25, -0.2) is 0 Å². The summed E-state index contributed by atoms with van der Waals surface area (Å²) in [6, 6.07) is 13.0. The van der Waals surface area contributed by atoms with Gasteiger partial charge in [-0.15, -0.1) is 0 Å². The Labute approximate surface area is 124 Å². The van der Waals surface area contributed by atoms with Gasteiger partial charge >= 0.3 is 0 Å². The molecule has 1 amide bonds. The first-order valence-corrected chi connectivity index (χ1v) is 6.76. The van der Waals surface area contributed by atoms with E-state index in [4.69, 9.17) is 4.42 Å². The van der Waals surface area contributed by atoms with E-state index in [0.29, 0.717) is 5.76 Å². The van der Waals surface area contributed by atoms with Gasteiger partial charge in [0.2, 0.25) is 5.91 Å². The van der Waals surface area contributed by atoms with E-state index in [1.165, 1.54) is 6.08 Å². The first kappa shape index (κ1) is 15.1. The minimum absolute atomic E-state index is 0.184. The van der Waals surface area contributed by atoms with Gasteiger partial charge in [0.05, 0.1) is 12.1 Å². The zero-order chi connectivity index (χ0) is 15.3. The topological polar surface area (TPSA) is 62.5 Å². The monoisotopic (exact) mass is 285 g/mol. The van der Waals surface area contributed by atoms with Crippen LogP contribution in [0, 0.1) is 6.92 Å². The zero-order valence-corrected chi connectivity index (χ0v) is 12.2. The zero-order valence-electron chi connectivity index (χ0n) is 12.2. The highest BCUT2D eigenvalue weighted by Gasteiger charge is 2.26. The van der Waals surface area contributed by atoms with Gasteiger partial charge < -0.3 is 14.8 Å². The summed E-state index contributed by atoms with van der Waals surface area (Å²) in [5.74, 6) is 1.12. The minimum Gasteiger partial charge on any atom is -0.462 e. The van der Waals surface area contributed by atoms with Crippen molar-refractivity contribution >= 4 is 12.0 Å². The van der Waals surface area contributed by atoms with Crippen LogP contribution in [0.3, 0.4) is 0 Å². The number of aliphatic hydroxyl groups is 1. The van der Waals surface area contributed by atoms with Crippen molar-refractivity contribution in [3.8, 4) is 0 Å². The van der Waals surface area contributed by atoms with Crippen molar-refractivity contribution in [1.29, 1.82) is 0 Å². The molecule has 0 aliphatic heterocycles. The van der Waals surface area contributed by atoms with E-state index in [0.717, 1.165) is 11.3 Å². The summed E-state index contributed by atoms with van der Waals surface area (Å²) in [6.07, 6.45) is 3.00. The fraction of sp³-hybridized carbons (Fsp3) is 0.235. The fourth-order valence-electron chi connectivity index (χ4n) is 2.02. The van der Waals surface area contributed by atoms with Crippen molar-refractivity contribution < 1.29 is 14.3 Å². The van der Waals surface area contributed by atoms with Crippen LogP contribution in [0.15, 0.2) is 53.0 Å². The molecule has 4 nitrogen and oxygen atoms in total. The van der Waals surface area contributed by atoms with Crippen molar-refractivity contribution in [3.05, 3.63) is 65.6 Å². The van der Waals surface area contributed by atoms with Crippen molar-refractivity contribution in [3.63, 3.8) is 0 Å². The lowest BCUT2D eigenvalue weighted by Crippen LogP contribution is -2.45. The van der Waals surface area contributed by atoms with Crippen LogP contribution in [0.4, 0.5) is 0 Å². The molecular weight excluding hydrogens is 266 g/mol. The smallest absolute Gasteiger partial charge is 0.244 e. The number of furan rings is 1. The molecule has 0 saturated carbocycles. The van der Waals surface area contributed by atoms with Gasteiger partial charge in [-0.05, 0) is 37.6 Å². The number of hydrogen-bond donors (Lipinski definition) is 2. The Morgan fingerprint density at radius 2 is 2.00 bits per heavy atom. The quantitative estimate of drug-likeness (QED) is 0.830. The molecule has 21 heavy (non-hydrogen) atoms. The predicted octanol–water partition coefficient (Wildman–Crippen LogP) is 2.63. The first-order valence-electron chi connectivity index (χ1n) is 6.76. The van der Waals surface area contributed by atoms with Crippen LogP contribution in [-0.2, 0) is 10.3 Å². The lowest BCUT2D eigenvalue weighted by molar-refractivity contribution is -0.118. The van der Waals surface area contributed by atoms with Crippen LogP contribution >= 0.6 is 0 Å². The van der Waals surface area contributed by atoms with Crippen molar-refractivity contribution in [1.82, 2.24) is 5.32 Å². The highest BCUT2D eigenvalue weighted by molar-refractivity contribution is 5.92. The molecule has 2 rings (SSSR count). The summed E-state index contributed by atoms with van der Waals surface area (Å²) >= 11 is 0. The van der Waals surface area contributed by atoms with Crippen LogP contribution in [0.5, 0.6) is 0 Å². The third kappa shape index (κ3) is 3.83. The van der Waals surface area contributed by atoms with Gasteiger partial charge in [0, 0.05) is 6.08 Å². The summed E-state index contributed by atoms with van der Waals surface area (Å²) in [7, 11) is 0. The number of nitrogens with one attached hydrogen (secondary N) is 1. The number of aryl methyl sites for hydroxylation is 1. The normalized spacial score (nSPS) is 14.0. The van der Waals surface area contributed by atoms with Gasteiger partial charge in [-0.3, -0.25) is 4.79 Å². The average Bonchev–Trinajstić information content (AvgIpc) is 2.91. The Hall–Kier alpha value is -2.33. The molecule has 1 aromatic heterocycles. The molecule has 0 bridgehead atoms. The Kier molecular flexibility index (Phi) is 4.60. The first-order chi connectivity index (χ1) is 10.0. The van der Waals surface area contributed by atoms with Crippen LogP contribution in [0.1, 0.15) is 24.0 Å². The molecule has 1 atom stereocenters. The standard InChI is InChI=1S/C17H19NO3/c1-13-8-9-15(21-13)10-11-16(20)18-17(2,12-19)14-6-4-3-5-7-14/h3-11,19H,12H2,1-2H3,(H,18,20)/b11-10+. The molecule has 4 heteroatoms. The number of hydrogen-bond acceptors (Lipinski definition) is 3. The van der Waals surface area contributed by atoms with E-state index in [1.807, 2.05) is 43.3 Å². The maximum Gasteiger partial charge on any atom is 0.244 e. The van der Waals surface area contributed by atoms with E-state index in [2.05, 4.69) is 5.32 Å². The van der Waals surface area contributed by atoms with E-state index in [9.17, 15) is 9.90 Å². The highest BCUT2D eigenvalue weighted by atomic mass is 16.3. The number of amides is 1. The van der Waals surface area contributed by atoms with Crippen LogP contribution in [0.25, 0.3) is 6.08 Å². The van der Waals surface area contributed by atoms with Crippen molar-refractivity contribution in [2.75, 3.05) is 6.61 Å². The Morgan fingerprint density at radius 3 is 2.57 bits per heavy atom. The summed E-state index contributed by atoms with van der Waals surface area (Å²) < 4.78 is 5.36. The van der Waals surface area contributed by atoms with Crippen LogP contribution in [0.2, 0.25) is 0 Å². The maximum atomic E-state index is 12.0. The van der Waals surface area contributed by atoms with Crippen LogP contribution < -0.4 is 5.32 Å². The molecule has 110 valence electrons. The molecule has 0 radical (unpaired) electrons. The molecule has 2 N–H and O–H groups in total. The fourth-order valence-corrected chi connectivity index (χ4v) is 2.02. The van der Waals surface area contributed by atoms with E-state index in [-0.39, 0.29) is 12.5 Å². The summed E-state index contributed by atoms with van der Waals surface area (Å²) in [4.78, 5) is 12.0. The average molecular weight is 285 g/mol. The number of carbonyl (C=O) groups is 1. The molecule has 0 spiro atoms. The molecule has 1 heterocycles. The molecule has 0 fully saturated rings. The molecule has 1 unspecified atom stereocenters. The number of benzene rings is 1. The van der Waals surface area contributed by atoms with E-state index in [1.54, 1.807) is 19.1 Å². The lowest BCUT2D eigenvalue weighted by atomic mass is 9.93. The second-order valence-corrected chi connectivity index (χ2v) is 5.13. The summed E-state index contributed by atoms with van der Waals surface area (Å²) in [5.41, 5.74) is 0.0324. The SMILES string of the molecule is Cc1ccc(/C=C/C(=O)NC(C)(CO)c2ccccc2)o1. The predicted molar refractivity (Wildman–Crippen MR) is 81.5 cm³/mol. The number of aliphatic hydroxyl groups excluding tert-OH is 1. The lowest BCUT2D eigenvalue weighted by Gasteiger charge is -2.28. The second-order valence-electron chi connectivity index (χ2n) is 5.13. The number of carbonyl (C=O) groups excluding carboxylic acids is 1. The summed E-state index contributed by atoms with van der Waals surface area (Å²) in [6.45, 7) is 3.44. The minimum atomic E-state index is -0.818. The van der Waals surface area contributed by atoms with E-state index < -0.39 is 5.54 Å². The molecule has 1 aromatic carbocycles. The maximum absolute atomic E-state index is 12.0. The highest BCUT2D eigenvalue weighted by Crippen LogP contribution is 2.19. The second kappa shape index (κ2) is 6.41. The van der Waals surface area contributed by atoms with Crippen molar-refractivity contribution in [2.24, 2.45) is 0 Å². The van der Waals surface area contributed by atoms with Gasteiger partial charge in [0.25, 0.3) is 0 Å². The summed E-state index contributed by atoms with van der Waals surface area (Å²) in [5, 5.41) is 12.4. The van der Waals surface area contributed by atoms with Gasteiger partial charge in [0.1, 0.15) is 11.5 Å². The molecular formula is C17H19NO3. The Morgan fingerprint density at radius 1 is 1.29 bits per heavy atom. The molecule has 2 aromatic rings. The van der Waals surface area contributed by atoms with Gasteiger partial charge in [0.15, 0.2) is 0 Å².